The first-order valence-corrected chi connectivity index (χ1v) is 10.7. The van der Waals surface area contributed by atoms with Crippen molar-refractivity contribution in [2.75, 3.05) is 5.32 Å². The molecule has 0 saturated heterocycles. The Morgan fingerprint density at radius 3 is 2.13 bits per heavy atom. The number of carboxylic acid groups (broad SMARTS) is 3. The van der Waals surface area contributed by atoms with Crippen LogP contribution >= 0.6 is 0 Å². The summed E-state index contributed by atoms with van der Waals surface area (Å²) in [6.07, 6.45) is 2.59. The molecule has 4 aromatic rings. The van der Waals surface area contributed by atoms with Crippen LogP contribution in [0.1, 0.15) is 36.8 Å². The second-order valence-corrected chi connectivity index (χ2v) is 7.81. The first-order valence-electron chi connectivity index (χ1n) is 10.7. The predicted octanol–water partition coefficient (Wildman–Crippen LogP) is 3.28. The largest absolute Gasteiger partial charge is 0.507 e. The summed E-state index contributed by atoms with van der Waals surface area (Å²) in [5.41, 5.74) is 7.28. The molecule has 0 radical (unpaired) electrons. The van der Waals surface area contributed by atoms with E-state index in [9.17, 15) is 29.7 Å². The normalized spacial score (nSPS) is 11.1. The molecule has 0 atom stereocenters. The van der Waals surface area contributed by atoms with Gasteiger partial charge in [-0.25, -0.2) is 29.6 Å². The van der Waals surface area contributed by atoms with E-state index >= 15 is 0 Å². The Kier molecular flexibility index (Phi) is 6.97. The molecule has 0 aliphatic heterocycles. The molecule has 39 heavy (non-hydrogen) atoms. The lowest BCUT2D eigenvalue weighted by Crippen LogP contribution is -2.02. The fraction of sp³-hybridized carbons (Fsp3) is 0. The highest BCUT2D eigenvalue weighted by Crippen LogP contribution is 2.26. The van der Waals surface area contributed by atoms with Gasteiger partial charge in [0.1, 0.15) is 34.0 Å². The number of aromatic hydroxyl groups is 2. The number of hydrogen-bond donors (Lipinski definition) is 7. The fourth-order valence-corrected chi connectivity index (χ4v) is 3.38. The number of aromatic carboxylic acids is 3. The molecule has 7 N–H and O–H groups in total. The number of aromatic nitrogens is 4. The number of rotatable bonds is 9. The van der Waals surface area contributed by atoms with E-state index in [1.54, 1.807) is 0 Å². The maximum Gasteiger partial charge on any atom is 0.339 e. The predicted molar refractivity (Wildman–Crippen MR) is 132 cm³/mol. The van der Waals surface area contributed by atoms with Crippen LogP contribution in [0.3, 0.4) is 0 Å². The number of nitrogens with zero attached hydrogens (tertiary/aromatic N) is 5. The highest BCUT2D eigenvalue weighted by molar-refractivity contribution is 5.92. The summed E-state index contributed by atoms with van der Waals surface area (Å²) in [4.78, 5) is 38.3. The average Bonchev–Trinajstić information content (AvgIpc) is 3.39. The molecular formula is C24H17N7O8. The van der Waals surface area contributed by atoms with Gasteiger partial charge >= 0.3 is 17.9 Å². The molecule has 0 aliphatic carbocycles. The van der Waals surface area contributed by atoms with E-state index in [1.807, 2.05) is 0 Å². The molecule has 0 amide bonds. The SMILES string of the molecule is N=N/C(=C\Nc1ccc(C(=O)O)c(O)c1)c1cc(C(=O)O)cc(-c2cn(-c3ccc(C(=O)O)c(O)c3)nn2)n1. The molecule has 0 unspecified atom stereocenters. The summed E-state index contributed by atoms with van der Waals surface area (Å²) in [5.74, 6) is -4.91. The fourth-order valence-electron chi connectivity index (χ4n) is 3.38. The molecule has 15 heteroatoms. The number of pyridine rings is 1. The minimum absolute atomic E-state index is 0.0308. The quantitative estimate of drug-likeness (QED) is 0.154. The van der Waals surface area contributed by atoms with Gasteiger partial charge in [-0.2, -0.15) is 5.11 Å². The van der Waals surface area contributed by atoms with Crippen molar-refractivity contribution >= 4 is 29.3 Å². The van der Waals surface area contributed by atoms with Gasteiger partial charge in [-0.05, 0) is 36.4 Å². The van der Waals surface area contributed by atoms with Crippen molar-refractivity contribution in [1.29, 1.82) is 5.53 Å². The molecule has 0 spiro atoms. The van der Waals surface area contributed by atoms with E-state index in [1.165, 1.54) is 59.5 Å². The third-order valence-corrected chi connectivity index (χ3v) is 5.29. The lowest BCUT2D eigenvalue weighted by molar-refractivity contribution is 0.0682. The van der Waals surface area contributed by atoms with Crippen LogP contribution in [0, 0.1) is 5.53 Å². The van der Waals surface area contributed by atoms with Gasteiger partial charge in [0.15, 0.2) is 0 Å². The monoisotopic (exact) mass is 531 g/mol. The highest BCUT2D eigenvalue weighted by atomic mass is 16.4. The van der Waals surface area contributed by atoms with E-state index < -0.39 is 29.4 Å². The summed E-state index contributed by atoms with van der Waals surface area (Å²) in [6.45, 7) is 0. The number of nitrogens with one attached hydrogen (secondary N) is 2. The second-order valence-electron chi connectivity index (χ2n) is 7.81. The van der Waals surface area contributed by atoms with E-state index in [4.69, 9.17) is 15.7 Å². The molecule has 0 fully saturated rings. The van der Waals surface area contributed by atoms with Crippen molar-refractivity contribution in [3.63, 3.8) is 0 Å². The van der Waals surface area contributed by atoms with Gasteiger partial charge < -0.3 is 30.8 Å². The van der Waals surface area contributed by atoms with Crippen molar-refractivity contribution in [3.8, 4) is 28.6 Å². The molecule has 0 aliphatic rings. The van der Waals surface area contributed by atoms with Gasteiger partial charge in [0.2, 0.25) is 0 Å². The molecule has 196 valence electrons. The van der Waals surface area contributed by atoms with Crippen LogP contribution in [-0.2, 0) is 0 Å². The molecule has 2 aromatic heterocycles. The van der Waals surface area contributed by atoms with Gasteiger partial charge in [0, 0.05) is 24.0 Å². The maximum atomic E-state index is 11.8. The molecule has 0 bridgehead atoms. The number of hydrogen-bond acceptors (Lipinski definition) is 11. The Hall–Kier alpha value is -6.12. The number of benzene rings is 2. The third-order valence-electron chi connectivity index (χ3n) is 5.29. The Morgan fingerprint density at radius 1 is 0.872 bits per heavy atom. The Bertz CT molecular complexity index is 1680. The Balaban J connectivity index is 1.69. The first-order chi connectivity index (χ1) is 18.6. The lowest BCUT2D eigenvalue weighted by atomic mass is 10.1. The van der Waals surface area contributed by atoms with Crippen molar-refractivity contribution < 1.29 is 39.9 Å². The van der Waals surface area contributed by atoms with Gasteiger partial charge in [-0.1, -0.05) is 5.21 Å². The highest BCUT2D eigenvalue weighted by Gasteiger charge is 2.17. The Morgan fingerprint density at radius 2 is 1.54 bits per heavy atom. The zero-order chi connectivity index (χ0) is 28.3. The molecule has 2 heterocycles. The minimum atomic E-state index is -1.32. The van der Waals surface area contributed by atoms with E-state index in [-0.39, 0.29) is 50.8 Å². The zero-order valence-electron chi connectivity index (χ0n) is 19.5. The van der Waals surface area contributed by atoms with Gasteiger partial charge in [0.05, 0.1) is 28.8 Å². The summed E-state index contributed by atoms with van der Waals surface area (Å²) < 4.78 is 1.22. The average molecular weight is 531 g/mol. The van der Waals surface area contributed by atoms with Crippen molar-refractivity contribution in [1.82, 2.24) is 20.0 Å². The van der Waals surface area contributed by atoms with Crippen LogP contribution in [0.15, 0.2) is 66.0 Å². The van der Waals surface area contributed by atoms with Gasteiger partial charge in [-0.15, -0.1) is 5.10 Å². The minimum Gasteiger partial charge on any atom is -0.507 e. The Labute approximate surface area is 217 Å². The van der Waals surface area contributed by atoms with E-state index in [2.05, 4.69) is 25.7 Å². The molecular weight excluding hydrogens is 514 g/mol. The van der Waals surface area contributed by atoms with Crippen molar-refractivity contribution in [2.45, 2.75) is 0 Å². The summed E-state index contributed by atoms with van der Waals surface area (Å²) in [5, 5.41) is 61.5. The van der Waals surface area contributed by atoms with Crippen molar-refractivity contribution in [2.24, 2.45) is 5.11 Å². The molecule has 15 nitrogen and oxygen atoms in total. The lowest BCUT2D eigenvalue weighted by Gasteiger charge is -2.07. The van der Waals surface area contributed by atoms with Crippen molar-refractivity contribution in [3.05, 3.63) is 83.3 Å². The number of anilines is 1. The number of carbonyl (C=O) groups is 3. The molecule has 4 rings (SSSR count). The molecule has 0 saturated carbocycles. The van der Waals surface area contributed by atoms with Crippen LogP contribution in [0.25, 0.3) is 22.8 Å². The number of carboxylic acids is 3. The third kappa shape index (κ3) is 5.51. The van der Waals surface area contributed by atoms with Crippen LogP contribution in [0.2, 0.25) is 0 Å². The first kappa shape index (κ1) is 26.0. The summed E-state index contributed by atoms with van der Waals surface area (Å²) >= 11 is 0. The van der Waals surface area contributed by atoms with E-state index in [0.29, 0.717) is 0 Å². The van der Waals surface area contributed by atoms with Crippen LogP contribution in [0.5, 0.6) is 11.5 Å². The van der Waals surface area contributed by atoms with Crippen LogP contribution < -0.4 is 5.32 Å². The van der Waals surface area contributed by atoms with Crippen LogP contribution in [-0.4, -0.2) is 63.4 Å². The van der Waals surface area contributed by atoms with Crippen LogP contribution in [0.4, 0.5) is 5.69 Å². The summed E-state index contributed by atoms with van der Waals surface area (Å²) in [7, 11) is 0. The topological polar surface area (TPSA) is 244 Å². The second kappa shape index (κ2) is 10.5. The standard InChI is InChI=1S/C24H17N7O8/c25-28-18(9-26-12-1-3-14(23(36)37)20(32)7-12)16-5-11(22(34)35)6-17(27-16)19-10-31(30-29-19)13-2-4-15(24(38)39)21(33)8-13/h1-10,25-26,32-33H,(H,34,35)(H,36,37)(H,38,39)/b18-9-,28-25?. The summed E-state index contributed by atoms with van der Waals surface area (Å²) in [6, 6.07) is 9.83. The van der Waals surface area contributed by atoms with Gasteiger partial charge in [0.25, 0.3) is 0 Å². The van der Waals surface area contributed by atoms with E-state index in [0.717, 1.165) is 6.07 Å². The number of phenols is 2. The van der Waals surface area contributed by atoms with Gasteiger partial charge in [-0.3, -0.25) is 0 Å². The smallest absolute Gasteiger partial charge is 0.339 e. The zero-order valence-corrected chi connectivity index (χ0v) is 19.5. The molecule has 2 aromatic carbocycles. The maximum absolute atomic E-state index is 11.8.